The van der Waals surface area contributed by atoms with Gasteiger partial charge in [-0.05, 0) is 25.5 Å². The van der Waals surface area contributed by atoms with Gasteiger partial charge in [-0.1, -0.05) is 0 Å². The molecule has 0 spiro atoms. The third kappa shape index (κ3) is 3.44. The zero-order valence-corrected chi connectivity index (χ0v) is 11.5. The largest absolute Gasteiger partial charge is 0.387 e. The second-order valence-electron chi connectivity index (χ2n) is 4.96. The van der Waals surface area contributed by atoms with Crippen LogP contribution in [0.15, 0.2) is 18.3 Å². The van der Waals surface area contributed by atoms with Gasteiger partial charge >= 0.3 is 0 Å². The molecule has 0 aliphatic carbocycles. The molecule has 19 heavy (non-hydrogen) atoms. The molecule has 1 unspecified atom stereocenters. The van der Waals surface area contributed by atoms with Crippen molar-refractivity contribution in [1.29, 1.82) is 0 Å². The van der Waals surface area contributed by atoms with Crippen LogP contribution in [0.1, 0.15) is 32.1 Å². The first-order chi connectivity index (χ1) is 9.08. The fourth-order valence-electron chi connectivity index (χ4n) is 2.32. The van der Waals surface area contributed by atoms with Gasteiger partial charge in [0, 0.05) is 33.1 Å². The molecule has 5 nitrogen and oxygen atoms in total. The minimum Gasteiger partial charge on any atom is -0.387 e. The highest BCUT2D eigenvalue weighted by atomic mass is 16.3. The number of aliphatic hydroxyl groups is 1. The lowest BCUT2D eigenvalue weighted by atomic mass is 10.2. The standard InChI is InChI=1S/C14H21N3O2/c1-11(18)14-5-4-13(10-15-14)17-7-3-6-16(8-9-17)12(2)19/h4-5,10-11,18H,3,6-9H2,1-2H3. The molecule has 1 N–H and O–H groups in total. The van der Waals surface area contributed by atoms with E-state index >= 15 is 0 Å². The molecule has 1 fully saturated rings. The lowest BCUT2D eigenvalue weighted by Gasteiger charge is -2.23. The Labute approximate surface area is 113 Å². The van der Waals surface area contributed by atoms with Gasteiger partial charge in [-0.3, -0.25) is 9.78 Å². The van der Waals surface area contributed by atoms with Crippen LogP contribution >= 0.6 is 0 Å². The minimum atomic E-state index is -0.536. The Balaban J connectivity index is 2.03. The van der Waals surface area contributed by atoms with Crippen LogP contribution in [0.25, 0.3) is 0 Å². The number of hydrogen-bond acceptors (Lipinski definition) is 4. The van der Waals surface area contributed by atoms with Crippen molar-refractivity contribution >= 4 is 11.6 Å². The van der Waals surface area contributed by atoms with Gasteiger partial charge < -0.3 is 14.9 Å². The van der Waals surface area contributed by atoms with Crippen LogP contribution in [0.2, 0.25) is 0 Å². The van der Waals surface area contributed by atoms with Crippen LogP contribution in [-0.4, -0.2) is 47.1 Å². The summed E-state index contributed by atoms with van der Waals surface area (Å²) in [6.45, 7) is 6.67. The average Bonchev–Trinajstić information content (AvgIpc) is 2.64. The Morgan fingerprint density at radius 1 is 1.32 bits per heavy atom. The number of pyridine rings is 1. The quantitative estimate of drug-likeness (QED) is 0.871. The first-order valence-electron chi connectivity index (χ1n) is 6.72. The molecule has 2 heterocycles. The molecule has 1 aromatic rings. The van der Waals surface area contributed by atoms with Crippen molar-refractivity contribution in [2.24, 2.45) is 0 Å². The Bertz CT molecular complexity index is 431. The summed E-state index contributed by atoms with van der Waals surface area (Å²) in [5.41, 5.74) is 1.73. The topological polar surface area (TPSA) is 56.7 Å². The number of amides is 1. The fourth-order valence-corrected chi connectivity index (χ4v) is 2.32. The maximum atomic E-state index is 11.4. The molecule has 1 aliphatic heterocycles. The zero-order chi connectivity index (χ0) is 13.8. The summed E-state index contributed by atoms with van der Waals surface area (Å²) in [4.78, 5) is 19.8. The molecule has 0 bridgehead atoms. The van der Waals surface area contributed by atoms with Gasteiger partial charge in [-0.25, -0.2) is 0 Å². The summed E-state index contributed by atoms with van der Waals surface area (Å²) in [6, 6.07) is 3.84. The summed E-state index contributed by atoms with van der Waals surface area (Å²) in [6.07, 6.45) is 2.23. The third-order valence-corrected chi connectivity index (χ3v) is 3.51. The van der Waals surface area contributed by atoms with E-state index in [4.69, 9.17) is 0 Å². The van der Waals surface area contributed by atoms with E-state index < -0.39 is 6.10 Å². The summed E-state index contributed by atoms with van der Waals surface area (Å²) >= 11 is 0. The van der Waals surface area contributed by atoms with Gasteiger partial charge in [0.25, 0.3) is 0 Å². The highest BCUT2D eigenvalue weighted by molar-refractivity contribution is 5.73. The molecule has 0 saturated carbocycles. The molecule has 2 rings (SSSR count). The molecule has 5 heteroatoms. The molecular weight excluding hydrogens is 242 g/mol. The number of aromatic nitrogens is 1. The molecule has 0 aromatic carbocycles. The van der Waals surface area contributed by atoms with E-state index in [-0.39, 0.29) is 5.91 Å². The second-order valence-corrected chi connectivity index (χ2v) is 4.96. The molecular formula is C14H21N3O2. The number of hydrogen-bond donors (Lipinski definition) is 1. The van der Waals surface area contributed by atoms with Gasteiger partial charge in [-0.2, -0.15) is 0 Å². The van der Waals surface area contributed by atoms with Crippen LogP contribution in [-0.2, 0) is 4.79 Å². The van der Waals surface area contributed by atoms with Crippen molar-refractivity contribution in [3.63, 3.8) is 0 Å². The van der Waals surface area contributed by atoms with Gasteiger partial charge in [0.2, 0.25) is 5.91 Å². The van der Waals surface area contributed by atoms with E-state index in [1.54, 1.807) is 20.0 Å². The normalized spacial score (nSPS) is 18.1. The van der Waals surface area contributed by atoms with Crippen LogP contribution < -0.4 is 4.90 Å². The van der Waals surface area contributed by atoms with Crippen molar-refractivity contribution in [2.75, 3.05) is 31.1 Å². The van der Waals surface area contributed by atoms with Gasteiger partial charge in [0.05, 0.1) is 23.7 Å². The predicted molar refractivity (Wildman–Crippen MR) is 74.0 cm³/mol. The Morgan fingerprint density at radius 2 is 2.11 bits per heavy atom. The van der Waals surface area contributed by atoms with E-state index in [0.29, 0.717) is 5.69 Å². The molecule has 0 radical (unpaired) electrons. The zero-order valence-electron chi connectivity index (χ0n) is 11.5. The van der Waals surface area contributed by atoms with Crippen molar-refractivity contribution in [1.82, 2.24) is 9.88 Å². The highest BCUT2D eigenvalue weighted by Gasteiger charge is 2.17. The van der Waals surface area contributed by atoms with Crippen molar-refractivity contribution in [3.8, 4) is 0 Å². The molecule has 1 aliphatic rings. The van der Waals surface area contributed by atoms with Crippen LogP contribution in [0.5, 0.6) is 0 Å². The van der Waals surface area contributed by atoms with Crippen molar-refractivity contribution in [2.45, 2.75) is 26.4 Å². The highest BCUT2D eigenvalue weighted by Crippen LogP contribution is 2.18. The predicted octanol–water partition coefficient (Wildman–Crippen LogP) is 1.19. The molecule has 1 amide bonds. The molecule has 1 atom stereocenters. The number of carbonyl (C=O) groups is 1. The van der Waals surface area contributed by atoms with Crippen LogP contribution in [0.3, 0.4) is 0 Å². The van der Waals surface area contributed by atoms with Gasteiger partial charge in [0.15, 0.2) is 0 Å². The molecule has 1 saturated heterocycles. The van der Waals surface area contributed by atoms with Crippen LogP contribution in [0, 0.1) is 0 Å². The maximum absolute atomic E-state index is 11.4. The van der Waals surface area contributed by atoms with E-state index in [1.165, 1.54) is 0 Å². The van der Waals surface area contributed by atoms with Gasteiger partial charge in [-0.15, -0.1) is 0 Å². The summed E-state index contributed by atoms with van der Waals surface area (Å²) in [5.74, 6) is 0.143. The SMILES string of the molecule is CC(=O)N1CCCN(c2ccc(C(C)O)nc2)CC1. The average molecular weight is 263 g/mol. The van der Waals surface area contributed by atoms with E-state index in [2.05, 4.69) is 9.88 Å². The van der Waals surface area contributed by atoms with Gasteiger partial charge in [0.1, 0.15) is 0 Å². The van der Waals surface area contributed by atoms with E-state index in [0.717, 1.165) is 38.3 Å². The van der Waals surface area contributed by atoms with E-state index in [9.17, 15) is 9.90 Å². The number of aliphatic hydroxyl groups excluding tert-OH is 1. The number of nitrogens with zero attached hydrogens (tertiary/aromatic N) is 3. The Morgan fingerprint density at radius 3 is 2.68 bits per heavy atom. The summed E-state index contributed by atoms with van der Waals surface area (Å²) in [7, 11) is 0. The molecule has 1 aromatic heterocycles. The minimum absolute atomic E-state index is 0.143. The van der Waals surface area contributed by atoms with Crippen molar-refractivity contribution in [3.05, 3.63) is 24.0 Å². The molecule has 104 valence electrons. The number of carbonyl (C=O) groups excluding carboxylic acids is 1. The maximum Gasteiger partial charge on any atom is 0.219 e. The third-order valence-electron chi connectivity index (χ3n) is 3.51. The fraction of sp³-hybridized carbons (Fsp3) is 0.571. The smallest absolute Gasteiger partial charge is 0.219 e. The second kappa shape index (κ2) is 6.02. The van der Waals surface area contributed by atoms with Crippen molar-refractivity contribution < 1.29 is 9.90 Å². The number of rotatable bonds is 2. The van der Waals surface area contributed by atoms with Crippen LogP contribution in [0.4, 0.5) is 5.69 Å². The summed E-state index contributed by atoms with van der Waals surface area (Å²) < 4.78 is 0. The Hall–Kier alpha value is -1.62. The lowest BCUT2D eigenvalue weighted by molar-refractivity contribution is -0.128. The number of anilines is 1. The first kappa shape index (κ1) is 13.8. The van der Waals surface area contributed by atoms with E-state index in [1.807, 2.05) is 17.0 Å². The summed E-state index contributed by atoms with van der Waals surface area (Å²) in [5, 5.41) is 9.45. The first-order valence-corrected chi connectivity index (χ1v) is 6.72. The monoisotopic (exact) mass is 263 g/mol. The Kier molecular flexibility index (Phi) is 4.37. The lowest BCUT2D eigenvalue weighted by Crippen LogP contribution is -2.33.